The summed E-state index contributed by atoms with van der Waals surface area (Å²) in [5, 5.41) is 4.31. The maximum Gasteiger partial charge on any atom is 0.0488 e. The van der Waals surface area contributed by atoms with Crippen LogP contribution in [0.3, 0.4) is 0 Å². The monoisotopic (exact) mass is 273 g/mol. The van der Waals surface area contributed by atoms with Gasteiger partial charge in [0, 0.05) is 16.8 Å². The molecule has 0 aliphatic carbocycles. The van der Waals surface area contributed by atoms with Crippen molar-refractivity contribution < 1.29 is 0 Å². The third-order valence-electron chi connectivity index (χ3n) is 3.45. The zero-order chi connectivity index (χ0) is 14.0. The van der Waals surface area contributed by atoms with Gasteiger partial charge in [0.05, 0.1) is 0 Å². The Morgan fingerprint density at radius 3 is 2.32 bits per heavy atom. The minimum Gasteiger partial charge on any atom is -0.378 e. The van der Waals surface area contributed by atoms with E-state index in [1.54, 1.807) is 0 Å². The summed E-state index contributed by atoms with van der Waals surface area (Å²) in [7, 11) is 0. The molecule has 2 aromatic carbocycles. The van der Waals surface area contributed by atoms with E-state index in [9.17, 15) is 0 Å². The molecule has 0 spiro atoms. The number of benzene rings is 2. The van der Waals surface area contributed by atoms with Gasteiger partial charge in [0.1, 0.15) is 0 Å². The maximum atomic E-state index is 6.16. The molecule has 2 aromatic rings. The fraction of sp³-hybridized carbons (Fsp3) is 0.294. The van der Waals surface area contributed by atoms with Crippen molar-refractivity contribution in [3.63, 3.8) is 0 Å². The Morgan fingerprint density at radius 2 is 1.68 bits per heavy atom. The summed E-state index contributed by atoms with van der Waals surface area (Å²) in [5.41, 5.74) is 6.10. The van der Waals surface area contributed by atoms with E-state index in [0.717, 1.165) is 16.3 Å². The molecule has 1 nitrogen and oxygen atoms in total. The third-order valence-corrected chi connectivity index (χ3v) is 3.85. The van der Waals surface area contributed by atoms with Crippen LogP contribution in [0.1, 0.15) is 35.2 Å². The van der Waals surface area contributed by atoms with Gasteiger partial charge in [-0.2, -0.15) is 0 Å². The van der Waals surface area contributed by atoms with Crippen LogP contribution in [0.4, 0.5) is 5.69 Å². The summed E-state index contributed by atoms with van der Waals surface area (Å²) >= 11 is 6.16. The molecular weight excluding hydrogens is 254 g/mol. The van der Waals surface area contributed by atoms with Gasteiger partial charge < -0.3 is 5.32 Å². The number of anilines is 1. The summed E-state index contributed by atoms with van der Waals surface area (Å²) in [6, 6.07) is 12.9. The Labute approximate surface area is 120 Å². The number of rotatable bonds is 3. The second-order valence-electron chi connectivity index (χ2n) is 5.19. The first-order valence-electron chi connectivity index (χ1n) is 6.57. The Kier molecular flexibility index (Phi) is 4.16. The molecule has 0 heterocycles. The SMILES string of the molecule is Cc1ccc(C(C)Nc2ccc(C)c(Cl)c2)c(C)c1. The van der Waals surface area contributed by atoms with Crippen molar-refractivity contribution in [1.82, 2.24) is 0 Å². The van der Waals surface area contributed by atoms with Gasteiger partial charge in [-0.1, -0.05) is 41.4 Å². The van der Waals surface area contributed by atoms with Crippen LogP contribution in [0.15, 0.2) is 36.4 Å². The molecule has 0 saturated carbocycles. The van der Waals surface area contributed by atoms with Gasteiger partial charge >= 0.3 is 0 Å². The Hall–Kier alpha value is -1.47. The molecule has 19 heavy (non-hydrogen) atoms. The van der Waals surface area contributed by atoms with E-state index in [0.29, 0.717) is 0 Å². The topological polar surface area (TPSA) is 12.0 Å². The average molecular weight is 274 g/mol. The van der Waals surface area contributed by atoms with Crippen LogP contribution in [0.5, 0.6) is 0 Å². The number of aryl methyl sites for hydroxylation is 3. The smallest absolute Gasteiger partial charge is 0.0488 e. The molecule has 0 aliphatic heterocycles. The highest BCUT2D eigenvalue weighted by atomic mass is 35.5. The van der Waals surface area contributed by atoms with Crippen LogP contribution in [0, 0.1) is 20.8 Å². The van der Waals surface area contributed by atoms with Crippen LogP contribution in [-0.2, 0) is 0 Å². The molecule has 1 N–H and O–H groups in total. The van der Waals surface area contributed by atoms with Gasteiger partial charge in [-0.3, -0.25) is 0 Å². The molecule has 100 valence electrons. The molecule has 0 fully saturated rings. The highest BCUT2D eigenvalue weighted by molar-refractivity contribution is 6.31. The summed E-state index contributed by atoms with van der Waals surface area (Å²) in [6.45, 7) is 8.46. The van der Waals surface area contributed by atoms with Crippen molar-refractivity contribution in [2.24, 2.45) is 0 Å². The standard InChI is InChI=1S/C17H20ClN/c1-11-5-8-16(13(3)9-11)14(4)19-15-7-6-12(2)17(18)10-15/h5-10,14,19H,1-4H3. The van der Waals surface area contributed by atoms with Crippen molar-refractivity contribution in [3.8, 4) is 0 Å². The fourth-order valence-corrected chi connectivity index (χ4v) is 2.50. The third kappa shape index (κ3) is 3.30. The van der Waals surface area contributed by atoms with E-state index >= 15 is 0 Å². The van der Waals surface area contributed by atoms with E-state index < -0.39 is 0 Å². The predicted molar refractivity (Wildman–Crippen MR) is 84.1 cm³/mol. The minimum atomic E-state index is 0.263. The molecule has 0 saturated heterocycles. The van der Waals surface area contributed by atoms with Gasteiger partial charge in [-0.25, -0.2) is 0 Å². The van der Waals surface area contributed by atoms with E-state index in [-0.39, 0.29) is 6.04 Å². The fourth-order valence-electron chi connectivity index (χ4n) is 2.32. The van der Waals surface area contributed by atoms with E-state index in [1.807, 2.05) is 19.1 Å². The van der Waals surface area contributed by atoms with Crippen LogP contribution >= 0.6 is 11.6 Å². The number of hydrogen-bond donors (Lipinski definition) is 1. The zero-order valence-corrected chi connectivity index (χ0v) is 12.7. The molecular formula is C17H20ClN. The van der Waals surface area contributed by atoms with Gasteiger partial charge in [0.15, 0.2) is 0 Å². The van der Waals surface area contributed by atoms with Gasteiger partial charge in [-0.15, -0.1) is 0 Å². The molecule has 1 unspecified atom stereocenters. The minimum absolute atomic E-state index is 0.263. The largest absolute Gasteiger partial charge is 0.378 e. The van der Waals surface area contributed by atoms with Crippen molar-refractivity contribution in [1.29, 1.82) is 0 Å². The number of halogens is 1. The second-order valence-corrected chi connectivity index (χ2v) is 5.60. The van der Waals surface area contributed by atoms with Gasteiger partial charge in [0.25, 0.3) is 0 Å². The second kappa shape index (κ2) is 5.66. The maximum absolute atomic E-state index is 6.16. The van der Waals surface area contributed by atoms with Crippen LogP contribution in [0.25, 0.3) is 0 Å². The first-order valence-corrected chi connectivity index (χ1v) is 6.95. The molecule has 0 aromatic heterocycles. The quantitative estimate of drug-likeness (QED) is 0.785. The molecule has 0 bridgehead atoms. The van der Waals surface area contributed by atoms with Crippen molar-refractivity contribution in [2.45, 2.75) is 33.7 Å². The normalized spacial score (nSPS) is 12.3. The molecule has 0 radical (unpaired) electrons. The summed E-state index contributed by atoms with van der Waals surface area (Å²) < 4.78 is 0. The van der Waals surface area contributed by atoms with Gasteiger partial charge in [-0.05, 0) is 56.5 Å². The van der Waals surface area contributed by atoms with Crippen LogP contribution < -0.4 is 5.32 Å². The van der Waals surface area contributed by atoms with E-state index in [2.05, 4.69) is 50.4 Å². The van der Waals surface area contributed by atoms with E-state index in [4.69, 9.17) is 11.6 Å². The van der Waals surface area contributed by atoms with Crippen LogP contribution in [0.2, 0.25) is 5.02 Å². The summed E-state index contributed by atoms with van der Waals surface area (Å²) in [4.78, 5) is 0. The summed E-state index contributed by atoms with van der Waals surface area (Å²) in [5.74, 6) is 0. The molecule has 0 aliphatic rings. The van der Waals surface area contributed by atoms with Crippen molar-refractivity contribution >= 4 is 17.3 Å². The lowest BCUT2D eigenvalue weighted by molar-refractivity contribution is 0.873. The predicted octanol–water partition coefficient (Wildman–Crippen LogP) is 5.44. The summed E-state index contributed by atoms with van der Waals surface area (Å²) in [6.07, 6.45) is 0. The molecule has 1 atom stereocenters. The average Bonchev–Trinajstić information content (AvgIpc) is 2.33. The lowest BCUT2D eigenvalue weighted by Gasteiger charge is -2.18. The van der Waals surface area contributed by atoms with Gasteiger partial charge in [0.2, 0.25) is 0 Å². The first kappa shape index (κ1) is 14.0. The highest BCUT2D eigenvalue weighted by Crippen LogP contribution is 2.25. The Morgan fingerprint density at radius 1 is 0.947 bits per heavy atom. The zero-order valence-electron chi connectivity index (χ0n) is 11.9. The highest BCUT2D eigenvalue weighted by Gasteiger charge is 2.08. The van der Waals surface area contributed by atoms with E-state index in [1.165, 1.54) is 16.7 Å². The van der Waals surface area contributed by atoms with Crippen molar-refractivity contribution in [3.05, 3.63) is 63.7 Å². The van der Waals surface area contributed by atoms with Crippen molar-refractivity contribution in [2.75, 3.05) is 5.32 Å². The van der Waals surface area contributed by atoms with Crippen LogP contribution in [-0.4, -0.2) is 0 Å². The number of nitrogens with one attached hydrogen (secondary N) is 1. The molecule has 2 heteroatoms. The number of hydrogen-bond acceptors (Lipinski definition) is 1. The first-order chi connectivity index (χ1) is 8.97. The Bertz CT molecular complexity index is 590. The lowest BCUT2D eigenvalue weighted by Crippen LogP contribution is -2.08. The lowest BCUT2D eigenvalue weighted by atomic mass is 10.00. The molecule has 0 amide bonds. The Balaban J connectivity index is 2.20. The molecule has 2 rings (SSSR count).